The average molecular weight is 551 g/mol. The molecule has 1 fully saturated rings. The molecule has 0 saturated carbocycles. The van der Waals surface area contributed by atoms with Gasteiger partial charge in [-0.05, 0) is 76.6 Å². The van der Waals surface area contributed by atoms with Crippen molar-refractivity contribution in [3.63, 3.8) is 0 Å². The normalized spacial score (nSPS) is 15.1. The van der Waals surface area contributed by atoms with Gasteiger partial charge in [0, 0.05) is 30.9 Å². The average Bonchev–Trinajstić information content (AvgIpc) is 3.40. The summed E-state index contributed by atoms with van der Waals surface area (Å²) in [5.41, 5.74) is 1.80. The van der Waals surface area contributed by atoms with Crippen molar-refractivity contribution in [3.8, 4) is 17.1 Å². The van der Waals surface area contributed by atoms with Gasteiger partial charge in [0.1, 0.15) is 11.4 Å². The molecule has 1 saturated heterocycles. The number of hydrogen-bond donors (Lipinski definition) is 0. The molecule has 10 heteroatoms. The summed E-state index contributed by atoms with van der Waals surface area (Å²) in [5.74, 6) is 0.685. The lowest BCUT2D eigenvalue weighted by Crippen LogP contribution is -2.61. The van der Waals surface area contributed by atoms with Crippen LogP contribution >= 0.6 is 0 Å². The van der Waals surface area contributed by atoms with E-state index in [1.54, 1.807) is 12.0 Å². The Labute approximate surface area is 235 Å². The minimum absolute atomic E-state index is 0.162. The van der Waals surface area contributed by atoms with E-state index < -0.39 is 17.0 Å². The molecule has 0 spiro atoms. The van der Waals surface area contributed by atoms with Gasteiger partial charge < -0.3 is 18.8 Å². The van der Waals surface area contributed by atoms with Gasteiger partial charge in [0.15, 0.2) is 17.8 Å². The van der Waals surface area contributed by atoms with Gasteiger partial charge in [0.25, 0.3) is 5.91 Å². The monoisotopic (exact) mass is 550 g/mol. The summed E-state index contributed by atoms with van der Waals surface area (Å²) in [4.78, 5) is 39.7. The Hall–Kier alpha value is -4.05. The summed E-state index contributed by atoms with van der Waals surface area (Å²) in [7, 11) is 3.05. The second-order valence-corrected chi connectivity index (χ2v) is 11.3. The molecule has 3 aromatic rings. The van der Waals surface area contributed by atoms with Gasteiger partial charge in [-0.1, -0.05) is 12.1 Å². The highest BCUT2D eigenvalue weighted by molar-refractivity contribution is 5.97. The predicted molar refractivity (Wildman–Crippen MR) is 151 cm³/mol. The molecule has 10 nitrogen and oxygen atoms in total. The quantitative estimate of drug-likeness (QED) is 0.361. The fourth-order valence-corrected chi connectivity index (χ4v) is 4.69. The van der Waals surface area contributed by atoms with Crippen molar-refractivity contribution in [2.45, 2.75) is 52.3 Å². The fraction of sp³-hybridized carbons (Fsp3) is 0.433. The first kappa shape index (κ1) is 28.9. The van der Waals surface area contributed by atoms with E-state index >= 15 is 0 Å². The number of rotatable bonds is 7. The van der Waals surface area contributed by atoms with Crippen molar-refractivity contribution in [2.75, 3.05) is 38.8 Å². The highest BCUT2D eigenvalue weighted by Crippen LogP contribution is 2.31. The maximum atomic E-state index is 13.3. The third kappa shape index (κ3) is 6.56. The molecule has 0 radical (unpaired) electrons. The summed E-state index contributed by atoms with van der Waals surface area (Å²) in [5, 5.41) is 1.24. The summed E-state index contributed by atoms with van der Waals surface area (Å²) < 4.78 is 16.5. The fourth-order valence-electron chi connectivity index (χ4n) is 4.69. The first-order valence-corrected chi connectivity index (χ1v) is 13.2. The Morgan fingerprint density at radius 3 is 2.27 bits per heavy atom. The Balaban J connectivity index is 1.46. The standard InChI is InChI=1S/C30H38N4O6/c1-29(2,3)40-28(36)33-17-16-32(19-30(33,4)5)23-12-10-22(11-13-23)26-25(31-20-39-26)27(35)34(38-7)18-21-8-14-24(37-6)15-9-21/h8-15,20H,16-19H2,1-7H3. The van der Waals surface area contributed by atoms with Crippen LogP contribution in [-0.4, -0.2) is 71.9 Å². The number of methoxy groups -OCH3 is 1. The van der Waals surface area contributed by atoms with Crippen LogP contribution in [0.1, 0.15) is 50.7 Å². The molecular weight excluding hydrogens is 512 g/mol. The number of anilines is 1. The summed E-state index contributed by atoms with van der Waals surface area (Å²) >= 11 is 0. The molecule has 40 heavy (non-hydrogen) atoms. The zero-order valence-corrected chi connectivity index (χ0v) is 24.3. The molecule has 1 aliphatic heterocycles. The Morgan fingerprint density at radius 1 is 1.02 bits per heavy atom. The molecule has 1 aliphatic rings. The highest BCUT2D eigenvalue weighted by atomic mass is 16.7. The van der Waals surface area contributed by atoms with Gasteiger partial charge in [-0.2, -0.15) is 0 Å². The van der Waals surface area contributed by atoms with Crippen LogP contribution in [0.25, 0.3) is 11.3 Å². The lowest BCUT2D eigenvalue weighted by molar-refractivity contribution is -0.102. The zero-order chi connectivity index (χ0) is 29.1. The Morgan fingerprint density at radius 2 is 1.70 bits per heavy atom. The second kappa shape index (κ2) is 11.6. The van der Waals surface area contributed by atoms with Gasteiger partial charge in [0.2, 0.25) is 0 Å². The van der Waals surface area contributed by atoms with Crippen LogP contribution in [0, 0.1) is 0 Å². The van der Waals surface area contributed by atoms with Gasteiger partial charge in [-0.15, -0.1) is 0 Å². The van der Waals surface area contributed by atoms with Crippen LogP contribution in [0.4, 0.5) is 10.5 Å². The summed E-state index contributed by atoms with van der Waals surface area (Å²) in [6.07, 6.45) is 0.961. The van der Waals surface area contributed by atoms with Gasteiger partial charge in [-0.3, -0.25) is 14.5 Å². The van der Waals surface area contributed by atoms with Crippen molar-refractivity contribution in [2.24, 2.45) is 0 Å². The molecule has 0 aliphatic carbocycles. The number of oxazole rings is 1. The molecule has 0 bridgehead atoms. The van der Waals surface area contributed by atoms with Gasteiger partial charge in [0.05, 0.1) is 26.3 Å². The van der Waals surface area contributed by atoms with E-state index in [1.165, 1.54) is 18.6 Å². The van der Waals surface area contributed by atoms with E-state index in [1.807, 2.05) is 83.1 Å². The van der Waals surface area contributed by atoms with Gasteiger partial charge in [-0.25, -0.2) is 14.8 Å². The molecule has 2 heterocycles. The second-order valence-electron chi connectivity index (χ2n) is 11.3. The van der Waals surface area contributed by atoms with E-state index in [9.17, 15) is 9.59 Å². The molecule has 1 aromatic heterocycles. The Bertz CT molecular complexity index is 1310. The number of piperazine rings is 1. The molecule has 0 N–H and O–H groups in total. The zero-order valence-electron chi connectivity index (χ0n) is 24.3. The number of carbonyl (C=O) groups is 2. The van der Waals surface area contributed by atoms with Crippen molar-refractivity contribution < 1.29 is 28.3 Å². The lowest BCUT2D eigenvalue weighted by Gasteiger charge is -2.47. The predicted octanol–water partition coefficient (Wildman–Crippen LogP) is 5.39. The third-order valence-electron chi connectivity index (χ3n) is 6.71. The Kier molecular flexibility index (Phi) is 8.39. The SMILES string of the molecule is COc1ccc(CN(OC)C(=O)c2ncoc2-c2ccc(N3CCN(C(=O)OC(C)(C)C)C(C)(C)C3)cc2)cc1. The van der Waals surface area contributed by atoms with E-state index in [0.29, 0.717) is 25.4 Å². The lowest BCUT2D eigenvalue weighted by atomic mass is 9.98. The van der Waals surface area contributed by atoms with Crippen molar-refractivity contribution in [3.05, 3.63) is 66.2 Å². The number of hydroxylamine groups is 2. The molecule has 2 aromatic carbocycles. The number of hydrogen-bond acceptors (Lipinski definition) is 8. The minimum atomic E-state index is -0.545. The number of carbonyl (C=O) groups excluding carboxylic acids is 2. The van der Waals surface area contributed by atoms with Crippen LogP contribution in [0.15, 0.2) is 59.3 Å². The number of benzene rings is 2. The first-order chi connectivity index (χ1) is 18.9. The van der Waals surface area contributed by atoms with Crippen molar-refractivity contribution >= 4 is 17.7 Å². The van der Waals surface area contributed by atoms with Crippen LogP contribution in [0.5, 0.6) is 5.75 Å². The molecule has 214 valence electrons. The number of nitrogens with zero attached hydrogens (tertiary/aromatic N) is 4. The molecule has 0 atom stereocenters. The summed E-state index contributed by atoms with van der Waals surface area (Å²) in [6.45, 7) is 11.8. The number of amides is 2. The van der Waals surface area contributed by atoms with Crippen LogP contribution < -0.4 is 9.64 Å². The third-order valence-corrected chi connectivity index (χ3v) is 6.71. The van der Waals surface area contributed by atoms with Crippen LogP contribution in [0.3, 0.4) is 0 Å². The van der Waals surface area contributed by atoms with Crippen molar-refractivity contribution in [1.29, 1.82) is 0 Å². The topological polar surface area (TPSA) is 97.6 Å². The molecule has 2 amide bonds. The minimum Gasteiger partial charge on any atom is -0.497 e. The van der Waals surface area contributed by atoms with Crippen LogP contribution in [0.2, 0.25) is 0 Å². The van der Waals surface area contributed by atoms with E-state index in [-0.39, 0.29) is 18.3 Å². The number of aromatic nitrogens is 1. The maximum absolute atomic E-state index is 13.3. The maximum Gasteiger partial charge on any atom is 0.410 e. The summed E-state index contributed by atoms with van der Waals surface area (Å²) in [6, 6.07) is 15.2. The number of ether oxygens (including phenoxy) is 2. The smallest absolute Gasteiger partial charge is 0.410 e. The van der Waals surface area contributed by atoms with Crippen LogP contribution in [-0.2, 0) is 16.1 Å². The first-order valence-electron chi connectivity index (χ1n) is 13.2. The van der Waals surface area contributed by atoms with E-state index in [4.69, 9.17) is 18.7 Å². The molecule has 0 unspecified atom stereocenters. The molecule has 4 rings (SSSR count). The van der Waals surface area contributed by atoms with E-state index in [2.05, 4.69) is 9.88 Å². The van der Waals surface area contributed by atoms with E-state index in [0.717, 1.165) is 22.6 Å². The van der Waals surface area contributed by atoms with Crippen molar-refractivity contribution in [1.82, 2.24) is 14.9 Å². The largest absolute Gasteiger partial charge is 0.497 e. The van der Waals surface area contributed by atoms with Gasteiger partial charge >= 0.3 is 6.09 Å². The molecular formula is C30H38N4O6. The highest BCUT2D eigenvalue weighted by Gasteiger charge is 2.39.